The number of halogens is 3. The summed E-state index contributed by atoms with van der Waals surface area (Å²) in [7, 11) is -4.00. The van der Waals surface area contributed by atoms with Crippen molar-refractivity contribution in [3.8, 4) is 0 Å². The fourth-order valence-electron chi connectivity index (χ4n) is 1.89. The fourth-order valence-corrected chi connectivity index (χ4v) is 2.42. The van der Waals surface area contributed by atoms with Crippen LogP contribution in [-0.4, -0.2) is 54.1 Å². The Morgan fingerprint density at radius 3 is 2.39 bits per heavy atom. The predicted octanol–water partition coefficient (Wildman–Crippen LogP) is 2.22. The molecule has 6 nitrogen and oxygen atoms in total. The first-order valence-electron chi connectivity index (χ1n) is 7.10. The van der Waals surface area contributed by atoms with Gasteiger partial charge in [0.2, 0.25) is 0 Å². The molecule has 1 atom stereocenters. The SMILES string of the molecule is COCCOCCOC[C@H]1CC=C(OS(=O)(=O)C(F)(F)F)CC1. The van der Waals surface area contributed by atoms with Crippen LogP contribution in [0, 0.1) is 5.92 Å². The Balaban J connectivity index is 2.23. The van der Waals surface area contributed by atoms with E-state index in [1.54, 1.807) is 7.11 Å². The van der Waals surface area contributed by atoms with E-state index in [0.29, 0.717) is 45.9 Å². The summed E-state index contributed by atoms with van der Waals surface area (Å²) in [4.78, 5) is 0. The minimum Gasteiger partial charge on any atom is -0.382 e. The van der Waals surface area contributed by atoms with Crippen molar-refractivity contribution in [2.75, 3.05) is 40.1 Å². The summed E-state index contributed by atoms with van der Waals surface area (Å²) in [5.41, 5.74) is -5.41. The minimum atomic E-state index is -5.57. The van der Waals surface area contributed by atoms with Gasteiger partial charge in [-0.05, 0) is 24.8 Å². The van der Waals surface area contributed by atoms with E-state index >= 15 is 0 Å². The summed E-state index contributed by atoms with van der Waals surface area (Å²) in [6.45, 7) is 2.28. The maximum Gasteiger partial charge on any atom is 0.534 e. The molecule has 1 rings (SSSR count). The monoisotopic (exact) mass is 362 g/mol. The van der Waals surface area contributed by atoms with E-state index in [0.717, 1.165) is 0 Å². The summed E-state index contributed by atoms with van der Waals surface area (Å²) in [6.07, 6.45) is 2.42. The summed E-state index contributed by atoms with van der Waals surface area (Å²) in [5.74, 6) is -0.0450. The second-order valence-corrected chi connectivity index (χ2v) is 6.51. The van der Waals surface area contributed by atoms with Gasteiger partial charge in [-0.1, -0.05) is 0 Å². The normalized spacial score (nSPS) is 19.5. The molecule has 10 heteroatoms. The van der Waals surface area contributed by atoms with Crippen molar-refractivity contribution in [1.29, 1.82) is 0 Å². The predicted molar refractivity (Wildman–Crippen MR) is 75.0 cm³/mol. The van der Waals surface area contributed by atoms with Gasteiger partial charge in [0.05, 0.1) is 26.4 Å². The lowest BCUT2D eigenvalue weighted by Crippen LogP contribution is -2.26. The van der Waals surface area contributed by atoms with E-state index in [-0.39, 0.29) is 18.1 Å². The first-order valence-corrected chi connectivity index (χ1v) is 8.51. The zero-order chi connectivity index (χ0) is 17.3. The average molecular weight is 362 g/mol. The van der Waals surface area contributed by atoms with Gasteiger partial charge in [0, 0.05) is 20.1 Å². The number of hydrogen-bond donors (Lipinski definition) is 0. The molecule has 0 N–H and O–H groups in total. The molecule has 0 radical (unpaired) electrons. The molecule has 0 fully saturated rings. The molecule has 0 bridgehead atoms. The molecule has 0 heterocycles. The Labute approximate surface area is 133 Å². The zero-order valence-corrected chi connectivity index (χ0v) is 13.6. The van der Waals surface area contributed by atoms with Crippen LogP contribution in [0.15, 0.2) is 11.8 Å². The minimum absolute atomic E-state index is 0.120. The second-order valence-electron chi connectivity index (χ2n) is 4.97. The van der Waals surface area contributed by atoms with Crippen molar-refractivity contribution in [3.05, 3.63) is 11.8 Å². The maximum absolute atomic E-state index is 12.2. The maximum atomic E-state index is 12.2. The largest absolute Gasteiger partial charge is 0.534 e. The Bertz CT molecular complexity index is 475. The first kappa shape index (κ1) is 20.2. The molecule has 0 unspecified atom stereocenters. The third-order valence-corrected chi connectivity index (χ3v) is 4.14. The Morgan fingerprint density at radius 1 is 1.17 bits per heavy atom. The first-order chi connectivity index (χ1) is 10.8. The van der Waals surface area contributed by atoms with Crippen LogP contribution in [0.2, 0.25) is 0 Å². The zero-order valence-electron chi connectivity index (χ0n) is 12.8. The van der Waals surface area contributed by atoms with Crippen molar-refractivity contribution < 1.29 is 40.0 Å². The van der Waals surface area contributed by atoms with E-state index in [9.17, 15) is 21.6 Å². The van der Waals surface area contributed by atoms with Gasteiger partial charge < -0.3 is 18.4 Å². The van der Waals surface area contributed by atoms with Crippen LogP contribution >= 0.6 is 0 Å². The quantitative estimate of drug-likeness (QED) is 0.337. The summed E-state index contributed by atoms with van der Waals surface area (Å²) in [5, 5.41) is 0. The molecular weight excluding hydrogens is 341 g/mol. The Morgan fingerprint density at radius 2 is 1.83 bits per heavy atom. The van der Waals surface area contributed by atoms with E-state index in [1.807, 2.05) is 0 Å². The molecule has 136 valence electrons. The highest BCUT2D eigenvalue weighted by molar-refractivity contribution is 7.87. The molecule has 0 aliphatic heterocycles. The van der Waals surface area contributed by atoms with Crippen molar-refractivity contribution in [2.45, 2.75) is 24.8 Å². The topological polar surface area (TPSA) is 71.1 Å². The van der Waals surface area contributed by atoms with E-state index in [2.05, 4.69) is 4.18 Å². The molecule has 0 saturated heterocycles. The van der Waals surface area contributed by atoms with Gasteiger partial charge in [-0.25, -0.2) is 0 Å². The fraction of sp³-hybridized carbons (Fsp3) is 0.846. The molecule has 23 heavy (non-hydrogen) atoms. The molecule has 0 amide bonds. The van der Waals surface area contributed by atoms with Crippen molar-refractivity contribution in [2.24, 2.45) is 5.92 Å². The molecule has 0 aromatic rings. The van der Waals surface area contributed by atoms with E-state index in [1.165, 1.54) is 6.08 Å². The lowest BCUT2D eigenvalue weighted by atomic mass is 9.94. The molecule has 0 aromatic heterocycles. The molecular formula is C13H21F3O6S. The van der Waals surface area contributed by atoms with Crippen molar-refractivity contribution in [1.82, 2.24) is 0 Å². The number of alkyl halides is 3. The number of rotatable bonds is 10. The highest BCUT2D eigenvalue weighted by Crippen LogP contribution is 2.31. The van der Waals surface area contributed by atoms with Gasteiger partial charge in [0.1, 0.15) is 5.76 Å². The van der Waals surface area contributed by atoms with Gasteiger partial charge >= 0.3 is 15.6 Å². The van der Waals surface area contributed by atoms with Crippen LogP contribution in [0.25, 0.3) is 0 Å². The van der Waals surface area contributed by atoms with Gasteiger partial charge in [0.25, 0.3) is 0 Å². The average Bonchev–Trinajstić information content (AvgIpc) is 2.46. The van der Waals surface area contributed by atoms with Crippen molar-refractivity contribution >= 4 is 10.1 Å². The van der Waals surface area contributed by atoms with Gasteiger partial charge in [-0.3, -0.25) is 0 Å². The van der Waals surface area contributed by atoms with Crippen LogP contribution in [-0.2, 0) is 28.5 Å². The molecule has 1 aliphatic carbocycles. The van der Waals surface area contributed by atoms with Gasteiger partial charge in [0.15, 0.2) is 0 Å². The Hall–Kier alpha value is -0.840. The summed E-state index contributed by atoms with van der Waals surface area (Å²) in [6, 6.07) is 0. The Kier molecular flexibility index (Phi) is 8.31. The number of allylic oxidation sites excluding steroid dienone is 2. The van der Waals surface area contributed by atoms with Crippen LogP contribution in [0.1, 0.15) is 19.3 Å². The number of methoxy groups -OCH3 is 1. The highest BCUT2D eigenvalue weighted by atomic mass is 32.2. The third-order valence-electron chi connectivity index (χ3n) is 3.14. The van der Waals surface area contributed by atoms with Gasteiger partial charge in [-0.15, -0.1) is 0 Å². The molecule has 0 saturated carbocycles. The lowest BCUT2D eigenvalue weighted by molar-refractivity contribution is -0.0525. The van der Waals surface area contributed by atoms with Crippen LogP contribution in [0.4, 0.5) is 13.2 Å². The van der Waals surface area contributed by atoms with Crippen molar-refractivity contribution in [3.63, 3.8) is 0 Å². The molecule has 1 aliphatic rings. The highest BCUT2D eigenvalue weighted by Gasteiger charge is 2.48. The number of hydrogen-bond acceptors (Lipinski definition) is 6. The van der Waals surface area contributed by atoms with E-state index < -0.39 is 15.6 Å². The lowest BCUT2D eigenvalue weighted by Gasteiger charge is -2.22. The third kappa shape index (κ3) is 7.51. The van der Waals surface area contributed by atoms with Crippen LogP contribution < -0.4 is 0 Å². The smallest absolute Gasteiger partial charge is 0.382 e. The van der Waals surface area contributed by atoms with Crippen LogP contribution in [0.3, 0.4) is 0 Å². The second kappa shape index (κ2) is 9.45. The molecule has 0 aromatic carbocycles. The summed E-state index contributed by atoms with van der Waals surface area (Å²) >= 11 is 0. The van der Waals surface area contributed by atoms with Gasteiger partial charge in [-0.2, -0.15) is 21.6 Å². The summed E-state index contributed by atoms with van der Waals surface area (Å²) < 4.78 is 77.9. The van der Waals surface area contributed by atoms with Crippen LogP contribution in [0.5, 0.6) is 0 Å². The number of ether oxygens (including phenoxy) is 3. The standard InChI is InChI=1S/C13H21F3O6S/c1-19-6-7-20-8-9-21-10-11-2-4-12(5-3-11)22-23(17,18)13(14,15)16/h4,11H,2-3,5-10H2,1H3/t11-/m0/s1. The van der Waals surface area contributed by atoms with E-state index in [4.69, 9.17) is 14.2 Å². The molecule has 0 spiro atoms.